The zero-order chi connectivity index (χ0) is 33.1. The molecule has 0 amide bonds. The van der Waals surface area contributed by atoms with E-state index < -0.39 is 23.1 Å². The maximum atomic E-state index is 12.2. The van der Waals surface area contributed by atoms with Crippen molar-refractivity contribution in [1.82, 2.24) is 14.5 Å². The summed E-state index contributed by atoms with van der Waals surface area (Å²) in [7, 11) is 0. The van der Waals surface area contributed by atoms with Crippen LogP contribution in [0.4, 0.5) is 0 Å². The number of nitrogens with one attached hydrogen (secondary N) is 1. The minimum atomic E-state index is -0.798. The van der Waals surface area contributed by atoms with Gasteiger partial charge >= 0.3 is 11.7 Å². The highest BCUT2D eigenvalue weighted by atomic mass is 32.2. The summed E-state index contributed by atoms with van der Waals surface area (Å²) < 4.78 is 2.37. The summed E-state index contributed by atoms with van der Waals surface area (Å²) >= 11 is 9.33. The van der Waals surface area contributed by atoms with Crippen molar-refractivity contribution in [1.29, 1.82) is 0 Å². The van der Waals surface area contributed by atoms with Crippen LogP contribution in [0.5, 0.6) is 0 Å². The number of aromatic nitrogens is 3. The number of hydrogen-bond donors (Lipinski definition) is 2. The molecule has 3 rings (SSSR count). The number of nitrogens with zero attached hydrogens (tertiary/aromatic N) is 2. The minimum absolute atomic E-state index is 0.0146. The Kier molecular flexibility index (Phi) is 17.4. The largest absolute Gasteiger partial charge is 0.481 e. The molecule has 0 fully saturated rings. The third-order valence-electron chi connectivity index (χ3n) is 8.29. The number of pyridine rings is 1. The number of carboxylic acids is 1. The van der Waals surface area contributed by atoms with E-state index in [9.17, 15) is 19.5 Å². The molecule has 0 aliphatic heterocycles. The number of thiocarbonyl (C=S) groups is 1. The highest BCUT2D eigenvalue weighted by molar-refractivity contribution is 8.47. The molecule has 7 nitrogen and oxygen atoms in total. The second kappa shape index (κ2) is 21.2. The van der Waals surface area contributed by atoms with Crippen LogP contribution in [0.25, 0.3) is 0 Å². The highest BCUT2D eigenvalue weighted by Crippen LogP contribution is 2.43. The fourth-order valence-corrected chi connectivity index (χ4v) is 8.38. The van der Waals surface area contributed by atoms with Gasteiger partial charge in [0, 0.05) is 29.9 Å². The van der Waals surface area contributed by atoms with E-state index in [1.54, 1.807) is 42.8 Å². The Hall–Kier alpha value is -2.69. The van der Waals surface area contributed by atoms with Crippen molar-refractivity contribution in [3.63, 3.8) is 0 Å². The number of unbranched alkanes of at least 4 members (excludes halogenated alkanes) is 9. The van der Waals surface area contributed by atoms with Gasteiger partial charge in [-0.2, -0.15) is 0 Å². The smallest absolute Gasteiger partial charge is 0.328 e. The predicted octanol–water partition coefficient (Wildman–Crippen LogP) is 8.98. The van der Waals surface area contributed by atoms with Gasteiger partial charge in [0.15, 0.2) is 0 Å². The van der Waals surface area contributed by atoms with Gasteiger partial charge in [0.1, 0.15) is 3.53 Å². The summed E-state index contributed by atoms with van der Waals surface area (Å²) in [5.41, 5.74) is 2.25. The Morgan fingerprint density at radius 2 is 1.52 bits per heavy atom. The highest BCUT2D eigenvalue weighted by Gasteiger charge is 2.26. The number of hydrogen-bond acceptors (Lipinski definition) is 7. The van der Waals surface area contributed by atoms with Crippen molar-refractivity contribution in [2.24, 2.45) is 5.92 Å². The maximum absolute atomic E-state index is 12.2. The molecule has 2 aromatic heterocycles. The minimum Gasteiger partial charge on any atom is -0.481 e. The van der Waals surface area contributed by atoms with Gasteiger partial charge in [-0.15, -0.1) is 11.8 Å². The summed E-state index contributed by atoms with van der Waals surface area (Å²) in [6.45, 7) is 4.36. The van der Waals surface area contributed by atoms with E-state index >= 15 is 0 Å². The molecule has 2 heterocycles. The number of thioether (sulfide) groups is 2. The molecular formula is C36H49N3O4S3. The molecule has 46 heavy (non-hydrogen) atoms. The van der Waals surface area contributed by atoms with Crippen LogP contribution in [0.2, 0.25) is 0 Å². The van der Waals surface area contributed by atoms with Crippen molar-refractivity contribution < 1.29 is 9.90 Å². The van der Waals surface area contributed by atoms with Crippen molar-refractivity contribution >= 4 is 45.2 Å². The second-order valence-corrected chi connectivity index (χ2v) is 15.6. The molecule has 0 saturated carbocycles. The van der Waals surface area contributed by atoms with Gasteiger partial charge in [-0.05, 0) is 59.8 Å². The van der Waals surface area contributed by atoms with Crippen LogP contribution in [0.15, 0.2) is 70.6 Å². The number of carbonyl (C=O) groups is 1. The number of carboxylic acid groups (broad SMARTS) is 1. The fourth-order valence-electron chi connectivity index (χ4n) is 5.54. The van der Waals surface area contributed by atoms with Gasteiger partial charge in [0.25, 0.3) is 5.56 Å². The summed E-state index contributed by atoms with van der Waals surface area (Å²) in [5.74, 6) is -0.265. The Bertz CT molecular complexity index is 1440. The van der Waals surface area contributed by atoms with Gasteiger partial charge in [-0.1, -0.05) is 120 Å². The zero-order valence-electron chi connectivity index (χ0n) is 27.2. The molecule has 0 spiro atoms. The second-order valence-electron chi connectivity index (χ2n) is 12.1. The molecule has 3 unspecified atom stereocenters. The standard InChI is InChI=1S/C36H49N3O4S3/c1-3-4-5-6-7-8-9-10-11-12-23-45-36(44)46-32(25-31(24-27(2)34(41)42)29-17-20-37-21-18-29)30-15-13-28(14-16-30)26-39-22-19-33(40)38-35(39)43/h13-22,27,31-32H,3-12,23-26H2,1-2H3,(H,41,42)(H,38,40,43). The SMILES string of the molecule is CCCCCCCCCCCCSC(=S)SC(CC(CC(C)C(=O)O)c1ccncc1)c1ccc(Cn2ccc(=O)[nH]c2=O)cc1. The number of H-pyrrole nitrogens is 1. The summed E-state index contributed by atoms with van der Waals surface area (Å²) in [6.07, 6.45) is 19.3. The average Bonchev–Trinajstić information content (AvgIpc) is 3.05. The lowest BCUT2D eigenvalue weighted by atomic mass is 9.85. The molecule has 3 aromatic rings. The Morgan fingerprint density at radius 3 is 2.13 bits per heavy atom. The van der Waals surface area contributed by atoms with Crippen LogP contribution in [0.1, 0.15) is 119 Å². The monoisotopic (exact) mass is 683 g/mol. The van der Waals surface area contributed by atoms with Gasteiger partial charge in [0.2, 0.25) is 0 Å². The first-order chi connectivity index (χ1) is 22.3. The third kappa shape index (κ3) is 14.0. The Labute approximate surface area is 287 Å². The van der Waals surface area contributed by atoms with Gasteiger partial charge in [0.05, 0.1) is 12.5 Å². The van der Waals surface area contributed by atoms with E-state index in [0.29, 0.717) is 13.0 Å². The summed E-state index contributed by atoms with van der Waals surface area (Å²) in [4.78, 5) is 41.9. The quantitative estimate of drug-likeness (QED) is 0.0847. The van der Waals surface area contributed by atoms with Gasteiger partial charge < -0.3 is 5.11 Å². The van der Waals surface area contributed by atoms with Crippen LogP contribution < -0.4 is 11.2 Å². The van der Waals surface area contributed by atoms with Crippen molar-refractivity contribution in [2.45, 2.75) is 109 Å². The van der Waals surface area contributed by atoms with E-state index in [-0.39, 0.29) is 11.2 Å². The van der Waals surface area contributed by atoms with Gasteiger partial charge in [-0.3, -0.25) is 24.1 Å². The van der Waals surface area contributed by atoms with E-state index in [2.05, 4.69) is 29.0 Å². The lowest BCUT2D eigenvalue weighted by Crippen LogP contribution is -2.28. The molecule has 1 aromatic carbocycles. The number of rotatable bonds is 21. The lowest BCUT2D eigenvalue weighted by Gasteiger charge is -2.26. The van der Waals surface area contributed by atoms with E-state index in [1.165, 1.54) is 74.6 Å². The molecule has 10 heteroatoms. The first-order valence-electron chi connectivity index (χ1n) is 16.6. The Balaban J connectivity index is 1.65. The molecule has 2 N–H and O–H groups in total. The lowest BCUT2D eigenvalue weighted by molar-refractivity contribution is -0.141. The third-order valence-corrected chi connectivity index (χ3v) is 11.2. The molecule has 0 radical (unpaired) electrons. The number of aliphatic carboxylic acids is 1. The predicted molar refractivity (Wildman–Crippen MR) is 197 cm³/mol. The molecule has 0 aliphatic rings. The van der Waals surface area contributed by atoms with Gasteiger partial charge in [-0.25, -0.2) is 4.79 Å². The van der Waals surface area contributed by atoms with Crippen LogP contribution in [0, 0.1) is 5.92 Å². The van der Waals surface area contributed by atoms with Crippen LogP contribution in [0.3, 0.4) is 0 Å². The zero-order valence-corrected chi connectivity index (χ0v) is 29.6. The Morgan fingerprint density at radius 1 is 0.891 bits per heavy atom. The first-order valence-corrected chi connectivity index (χ1v) is 18.9. The summed E-state index contributed by atoms with van der Waals surface area (Å²) in [5, 5.41) is 9.73. The van der Waals surface area contributed by atoms with E-state index in [4.69, 9.17) is 12.2 Å². The summed E-state index contributed by atoms with van der Waals surface area (Å²) in [6, 6.07) is 13.4. The molecule has 250 valence electrons. The molecule has 0 bridgehead atoms. The van der Waals surface area contributed by atoms with Crippen LogP contribution in [-0.4, -0.2) is 34.9 Å². The van der Waals surface area contributed by atoms with Crippen molar-refractivity contribution in [3.8, 4) is 0 Å². The topological polar surface area (TPSA) is 105 Å². The van der Waals surface area contributed by atoms with Crippen molar-refractivity contribution in [2.75, 3.05) is 5.75 Å². The first kappa shape index (κ1) is 37.8. The molecule has 3 atom stereocenters. The van der Waals surface area contributed by atoms with E-state index in [0.717, 1.165) is 38.8 Å². The van der Waals surface area contributed by atoms with Crippen LogP contribution >= 0.6 is 35.7 Å². The average molecular weight is 684 g/mol. The van der Waals surface area contributed by atoms with E-state index in [1.807, 2.05) is 24.3 Å². The normalized spacial score (nSPS) is 13.3. The maximum Gasteiger partial charge on any atom is 0.328 e. The number of aromatic amines is 1. The van der Waals surface area contributed by atoms with Crippen molar-refractivity contribution in [3.05, 3.63) is 98.6 Å². The fraction of sp³-hybridized carbons (Fsp3) is 0.528. The number of benzene rings is 1. The molecule has 0 aliphatic carbocycles. The van der Waals surface area contributed by atoms with Crippen LogP contribution in [-0.2, 0) is 11.3 Å². The molecule has 0 saturated heterocycles. The molecular weight excluding hydrogens is 635 g/mol.